The fourth-order valence-electron chi connectivity index (χ4n) is 2.45. The SMILES string of the molecule is CC(CNC(=O)C1CCNC1)N(C)Cc1ccccc1.Cl.Cl. The van der Waals surface area contributed by atoms with Crippen LogP contribution in [0.25, 0.3) is 0 Å². The van der Waals surface area contributed by atoms with Crippen LogP contribution in [-0.4, -0.2) is 43.5 Å². The molecule has 1 aromatic carbocycles. The lowest BCUT2D eigenvalue weighted by Gasteiger charge is -2.25. The summed E-state index contributed by atoms with van der Waals surface area (Å²) >= 11 is 0. The molecule has 22 heavy (non-hydrogen) atoms. The summed E-state index contributed by atoms with van der Waals surface area (Å²) in [7, 11) is 2.10. The van der Waals surface area contributed by atoms with Gasteiger partial charge in [0.2, 0.25) is 5.91 Å². The van der Waals surface area contributed by atoms with E-state index < -0.39 is 0 Å². The summed E-state index contributed by atoms with van der Waals surface area (Å²) in [5.74, 6) is 0.344. The first-order valence-corrected chi connectivity index (χ1v) is 7.39. The molecule has 1 amide bonds. The minimum absolute atomic E-state index is 0. The first-order chi connectivity index (χ1) is 9.66. The molecule has 2 rings (SSSR count). The maximum absolute atomic E-state index is 12.0. The molecule has 0 bridgehead atoms. The molecule has 1 aliphatic heterocycles. The Labute approximate surface area is 145 Å². The molecule has 2 N–H and O–H groups in total. The van der Waals surface area contributed by atoms with Gasteiger partial charge in [0.25, 0.3) is 0 Å². The van der Waals surface area contributed by atoms with Gasteiger partial charge >= 0.3 is 0 Å². The lowest BCUT2D eigenvalue weighted by molar-refractivity contribution is -0.124. The molecule has 2 unspecified atom stereocenters. The van der Waals surface area contributed by atoms with Gasteiger partial charge in [0, 0.05) is 25.7 Å². The number of hydrogen-bond acceptors (Lipinski definition) is 3. The normalized spacial score (nSPS) is 18.2. The zero-order valence-corrected chi connectivity index (χ0v) is 14.9. The van der Waals surface area contributed by atoms with Gasteiger partial charge in [0.05, 0.1) is 5.92 Å². The van der Waals surface area contributed by atoms with Crippen molar-refractivity contribution in [1.82, 2.24) is 15.5 Å². The molecule has 1 aromatic rings. The fourth-order valence-corrected chi connectivity index (χ4v) is 2.45. The fraction of sp³-hybridized carbons (Fsp3) is 0.562. The molecular weight excluding hydrogens is 321 g/mol. The lowest BCUT2D eigenvalue weighted by Crippen LogP contribution is -2.42. The van der Waals surface area contributed by atoms with Gasteiger partial charge in [-0.1, -0.05) is 30.3 Å². The first kappa shape index (κ1) is 21.2. The molecule has 0 spiro atoms. The number of rotatable bonds is 6. The number of hydrogen-bond donors (Lipinski definition) is 2. The summed E-state index contributed by atoms with van der Waals surface area (Å²) < 4.78 is 0. The van der Waals surface area contributed by atoms with Gasteiger partial charge in [-0.05, 0) is 32.5 Å². The van der Waals surface area contributed by atoms with Gasteiger partial charge in [-0.3, -0.25) is 9.69 Å². The summed E-state index contributed by atoms with van der Waals surface area (Å²) in [6, 6.07) is 10.7. The largest absolute Gasteiger partial charge is 0.354 e. The quantitative estimate of drug-likeness (QED) is 0.827. The van der Waals surface area contributed by atoms with Crippen molar-refractivity contribution < 1.29 is 4.79 Å². The second-order valence-corrected chi connectivity index (χ2v) is 5.68. The molecule has 6 heteroatoms. The monoisotopic (exact) mass is 347 g/mol. The van der Waals surface area contributed by atoms with Crippen LogP contribution in [0.1, 0.15) is 18.9 Å². The number of carbonyl (C=O) groups is 1. The van der Waals surface area contributed by atoms with Gasteiger partial charge in [0.15, 0.2) is 0 Å². The van der Waals surface area contributed by atoms with Crippen LogP contribution in [0.5, 0.6) is 0 Å². The van der Waals surface area contributed by atoms with Gasteiger partial charge in [-0.25, -0.2) is 0 Å². The van der Waals surface area contributed by atoms with Crippen LogP contribution < -0.4 is 10.6 Å². The average Bonchev–Trinajstić information content (AvgIpc) is 2.99. The second-order valence-electron chi connectivity index (χ2n) is 5.68. The third kappa shape index (κ3) is 6.53. The van der Waals surface area contributed by atoms with Gasteiger partial charge in [-0.2, -0.15) is 0 Å². The van der Waals surface area contributed by atoms with Crippen LogP contribution in [0.3, 0.4) is 0 Å². The van der Waals surface area contributed by atoms with Crippen LogP contribution >= 0.6 is 24.8 Å². The number of nitrogens with one attached hydrogen (secondary N) is 2. The van der Waals surface area contributed by atoms with E-state index in [2.05, 4.69) is 53.8 Å². The van der Waals surface area contributed by atoms with Gasteiger partial charge in [-0.15, -0.1) is 24.8 Å². The van der Waals surface area contributed by atoms with Crippen molar-refractivity contribution in [3.8, 4) is 0 Å². The molecule has 4 nitrogen and oxygen atoms in total. The van der Waals surface area contributed by atoms with Gasteiger partial charge < -0.3 is 10.6 Å². The van der Waals surface area contributed by atoms with E-state index in [1.165, 1.54) is 5.56 Å². The van der Waals surface area contributed by atoms with Crippen LogP contribution in [0.4, 0.5) is 0 Å². The molecule has 126 valence electrons. The number of amides is 1. The molecule has 2 atom stereocenters. The Morgan fingerprint density at radius 1 is 1.36 bits per heavy atom. The minimum atomic E-state index is 0. The minimum Gasteiger partial charge on any atom is -0.354 e. The maximum Gasteiger partial charge on any atom is 0.224 e. The maximum atomic E-state index is 12.0. The molecular formula is C16H27Cl2N3O. The molecule has 0 saturated carbocycles. The van der Waals surface area contributed by atoms with E-state index in [4.69, 9.17) is 0 Å². The second kappa shape index (κ2) is 10.8. The standard InChI is InChI=1S/C16H25N3O.2ClH/c1-13(10-18-16(20)15-8-9-17-11-15)19(2)12-14-6-4-3-5-7-14;;/h3-7,13,15,17H,8-12H2,1-2H3,(H,18,20);2*1H. The Kier molecular flexibility index (Phi) is 10.4. The van der Waals surface area contributed by atoms with E-state index in [-0.39, 0.29) is 36.6 Å². The van der Waals surface area contributed by atoms with Crippen LogP contribution in [0.2, 0.25) is 0 Å². The van der Waals surface area contributed by atoms with E-state index in [9.17, 15) is 4.79 Å². The van der Waals surface area contributed by atoms with E-state index >= 15 is 0 Å². The van der Waals surface area contributed by atoms with E-state index in [0.29, 0.717) is 12.6 Å². The highest BCUT2D eigenvalue weighted by Gasteiger charge is 2.22. The Morgan fingerprint density at radius 3 is 2.64 bits per heavy atom. The summed E-state index contributed by atoms with van der Waals surface area (Å²) in [5, 5.41) is 6.30. The smallest absolute Gasteiger partial charge is 0.224 e. The van der Waals surface area contributed by atoms with Crippen molar-refractivity contribution in [2.45, 2.75) is 25.9 Å². The van der Waals surface area contributed by atoms with Crippen molar-refractivity contribution in [3.63, 3.8) is 0 Å². The highest BCUT2D eigenvalue weighted by atomic mass is 35.5. The third-order valence-electron chi connectivity index (χ3n) is 4.03. The Morgan fingerprint density at radius 2 is 2.05 bits per heavy atom. The highest BCUT2D eigenvalue weighted by Crippen LogP contribution is 2.08. The highest BCUT2D eigenvalue weighted by molar-refractivity contribution is 5.85. The van der Waals surface area contributed by atoms with Crippen LogP contribution in [0, 0.1) is 5.92 Å². The van der Waals surface area contributed by atoms with Crippen molar-refractivity contribution in [3.05, 3.63) is 35.9 Å². The Balaban J connectivity index is 0.00000220. The molecule has 0 radical (unpaired) electrons. The first-order valence-electron chi connectivity index (χ1n) is 7.39. The predicted octanol–water partition coefficient (Wildman–Crippen LogP) is 2.08. The molecule has 1 saturated heterocycles. The van der Waals surface area contributed by atoms with E-state index in [1.54, 1.807) is 0 Å². The molecule has 1 fully saturated rings. The summed E-state index contributed by atoms with van der Waals surface area (Å²) in [4.78, 5) is 14.2. The van der Waals surface area contributed by atoms with Crippen molar-refractivity contribution in [2.24, 2.45) is 5.92 Å². The predicted molar refractivity (Wildman–Crippen MR) is 95.9 cm³/mol. The average molecular weight is 348 g/mol. The topological polar surface area (TPSA) is 44.4 Å². The zero-order valence-electron chi connectivity index (χ0n) is 13.2. The molecule has 1 heterocycles. The number of benzene rings is 1. The molecule has 1 aliphatic rings. The number of halogens is 2. The molecule has 0 aromatic heterocycles. The lowest BCUT2D eigenvalue weighted by atomic mass is 10.1. The Bertz CT molecular complexity index is 425. The van der Waals surface area contributed by atoms with Crippen LogP contribution in [0.15, 0.2) is 30.3 Å². The van der Waals surface area contributed by atoms with Crippen LogP contribution in [-0.2, 0) is 11.3 Å². The zero-order chi connectivity index (χ0) is 14.4. The van der Waals surface area contributed by atoms with Crippen molar-refractivity contribution in [1.29, 1.82) is 0 Å². The number of nitrogens with zero attached hydrogens (tertiary/aromatic N) is 1. The summed E-state index contributed by atoms with van der Waals surface area (Å²) in [5.41, 5.74) is 1.30. The number of carbonyl (C=O) groups excluding carboxylic acids is 1. The molecule has 0 aliphatic carbocycles. The number of likely N-dealkylation sites (N-methyl/N-ethyl adjacent to an activating group) is 1. The van der Waals surface area contributed by atoms with Crippen molar-refractivity contribution >= 4 is 30.7 Å². The summed E-state index contributed by atoms with van der Waals surface area (Å²) in [6.07, 6.45) is 0.958. The summed E-state index contributed by atoms with van der Waals surface area (Å²) in [6.45, 7) is 5.54. The van der Waals surface area contributed by atoms with E-state index in [0.717, 1.165) is 26.1 Å². The van der Waals surface area contributed by atoms with E-state index in [1.807, 2.05) is 6.07 Å². The third-order valence-corrected chi connectivity index (χ3v) is 4.03. The van der Waals surface area contributed by atoms with Gasteiger partial charge in [0.1, 0.15) is 0 Å². The Hall–Kier alpha value is -0.810. The van der Waals surface area contributed by atoms with Crippen molar-refractivity contribution in [2.75, 3.05) is 26.7 Å².